The predicted molar refractivity (Wildman–Crippen MR) is 71.2 cm³/mol. The summed E-state index contributed by atoms with van der Waals surface area (Å²) in [5, 5.41) is 3.12. The summed E-state index contributed by atoms with van der Waals surface area (Å²) in [5.41, 5.74) is 0. The SMILES string of the molecule is Cl.Clc1c(Cl)c(Cl)c2ccccc2c1Cl. The van der Waals surface area contributed by atoms with Crippen LogP contribution in [-0.2, 0) is 0 Å². The first-order valence-corrected chi connectivity index (χ1v) is 5.35. The van der Waals surface area contributed by atoms with Crippen LogP contribution in [0.2, 0.25) is 20.1 Å². The number of benzene rings is 2. The van der Waals surface area contributed by atoms with Gasteiger partial charge in [0.15, 0.2) is 0 Å². The molecule has 0 saturated carbocycles. The van der Waals surface area contributed by atoms with Gasteiger partial charge in [-0.25, -0.2) is 0 Å². The van der Waals surface area contributed by atoms with Crippen LogP contribution >= 0.6 is 58.8 Å². The predicted octanol–water partition coefficient (Wildman–Crippen LogP) is 5.88. The molecule has 0 aromatic heterocycles. The molecule has 0 spiro atoms. The van der Waals surface area contributed by atoms with Gasteiger partial charge in [-0.2, -0.15) is 0 Å². The van der Waals surface area contributed by atoms with Crippen LogP contribution in [0.1, 0.15) is 0 Å². The van der Waals surface area contributed by atoms with E-state index in [9.17, 15) is 0 Å². The molecule has 2 aromatic rings. The molecular weight excluding hydrogens is 297 g/mol. The first-order valence-electron chi connectivity index (χ1n) is 3.83. The minimum atomic E-state index is 0. The molecule has 80 valence electrons. The first-order chi connectivity index (χ1) is 6.63. The molecule has 0 N–H and O–H groups in total. The van der Waals surface area contributed by atoms with E-state index in [1.165, 1.54) is 0 Å². The van der Waals surface area contributed by atoms with Gasteiger partial charge in [0.1, 0.15) is 0 Å². The maximum atomic E-state index is 6.03. The van der Waals surface area contributed by atoms with Crippen LogP contribution < -0.4 is 0 Å². The van der Waals surface area contributed by atoms with Crippen molar-refractivity contribution >= 4 is 69.6 Å². The second-order valence-electron chi connectivity index (χ2n) is 2.80. The van der Waals surface area contributed by atoms with Crippen molar-refractivity contribution in [2.45, 2.75) is 0 Å². The highest BCUT2D eigenvalue weighted by Gasteiger charge is 2.13. The number of rotatable bonds is 0. The van der Waals surface area contributed by atoms with Crippen molar-refractivity contribution in [1.82, 2.24) is 0 Å². The molecule has 5 heteroatoms. The van der Waals surface area contributed by atoms with Gasteiger partial charge in [0.05, 0.1) is 20.1 Å². The third kappa shape index (κ3) is 2.15. The van der Waals surface area contributed by atoms with Gasteiger partial charge in [-0.05, 0) is 0 Å². The van der Waals surface area contributed by atoms with Crippen molar-refractivity contribution in [3.05, 3.63) is 44.4 Å². The second-order valence-corrected chi connectivity index (χ2v) is 4.31. The molecule has 0 bridgehead atoms. The molecule has 0 fully saturated rings. The summed E-state index contributed by atoms with van der Waals surface area (Å²) in [6.45, 7) is 0. The van der Waals surface area contributed by atoms with E-state index >= 15 is 0 Å². The lowest BCUT2D eigenvalue weighted by Gasteiger charge is -2.07. The highest BCUT2D eigenvalue weighted by Crippen LogP contribution is 2.42. The van der Waals surface area contributed by atoms with Crippen molar-refractivity contribution in [3.8, 4) is 0 Å². The Morgan fingerprint density at radius 3 is 1.27 bits per heavy atom. The van der Waals surface area contributed by atoms with E-state index in [4.69, 9.17) is 46.4 Å². The Hall–Kier alpha value is 0.150. The zero-order valence-corrected chi connectivity index (χ0v) is 11.1. The maximum Gasteiger partial charge on any atom is 0.0800 e. The molecule has 0 amide bonds. The highest BCUT2D eigenvalue weighted by molar-refractivity contribution is 6.55. The van der Waals surface area contributed by atoms with E-state index in [0.29, 0.717) is 20.1 Å². The Labute approximate surface area is 113 Å². The molecular formula is C10H5Cl5. The molecule has 0 radical (unpaired) electrons. The minimum absolute atomic E-state index is 0. The lowest BCUT2D eigenvalue weighted by molar-refractivity contribution is 1.74. The summed E-state index contributed by atoms with van der Waals surface area (Å²) in [4.78, 5) is 0. The summed E-state index contributed by atoms with van der Waals surface area (Å²) >= 11 is 23.9. The lowest BCUT2D eigenvalue weighted by atomic mass is 10.1. The van der Waals surface area contributed by atoms with Crippen LogP contribution in [0.4, 0.5) is 0 Å². The van der Waals surface area contributed by atoms with Crippen molar-refractivity contribution in [2.75, 3.05) is 0 Å². The van der Waals surface area contributed by atoms with Crippen LogP contribution in [0.3, 0.4) is 0 Å². The van der Waals surface area contributed by atoms with Gasteiger partial charge in [-0.15, -0.1) is 12.4 Å². The summed E-state index contributed by atoms with van der Waals surface area (Å²) in [6.07, 6.45) is 0. The van der Waals surface area contributed by atoms with E-state index in [1.807, 2.05) is 24.3 Å². The number of hydrogen-bond donors (Lipinski definition) is 0. The largest absolute Gasteiger partial charge is 0.147 e. The second kappa shape index (κ2) is 4.99. The van der Waals surface area contributed by atoms with Gasteiger partial charge in [0, 0.05) is 10.8 Å². The third-order valence-electron chi connectivity index (χ3n) is 1.98. The molecule has 0 aliphatic heterocycles. The average molecular weight is 302 g/mol. The van der Waals surface area contributed by atoms with Crippen LogP contribution in [0.5, 0.6) is 0 Å². The molecule has 0 unspecified atom stereocenters. The van der Waals surface area contributed by atoms with Crippen LogP contribution in [0.25, 0.3) is 10.8 Å². The Morgan fingerprint density at radius 1 is 0.600 bits per heavy atom. The van der Waals surface area contributed by atoms with Crippen molar-refractivity contribution in [1.29, 1.82) is 0 Å². The molecule has 2 aromatic carbocycles. The van der Waals surface area contributed by atoms with Crippen LogP contribution in [0.15, 0.2) is 24.3 Å². The fraction of sp³-hybridized carbons (Fsp3) is 0. The van der Waals surface area contributed by atoms with Gasteiger partial charge < -0.3 is 0 Å². The Morgan fingerprint density at radius 2 is 0.933 bits per heavy atom. The van der Waals surface area contributed by atoms with Crippen molar-refractivity contribution in [2.24, 2.45) is 0 Å². The fourth-order valence-corrected chi connectivity index (χ4v) is 2.30. The van der Waals surface area contributed by atoms with Crippen LogP contribution in [0, 0.1) is 0 Å². The van der Waals surface area contributed by atoms with Gasteiger partial charge >= 0.3 is 0 Å². The van der Waals surface area contributed by atoms with Gasteiger partial charge in [-0.3, -0.25) is 0 Å². The molecule has 15 heavy (non-hydrogen) atoms. The van der Waals surface area contributed by atoms with Crippen molar-refractivity contribution < 1.29 is 0 Å². The smallest absolute Gasteiger partial charge is 0.0800 e. The standard InChI is InChI=1S/C10H4Cl4.ClH/c11-7-5-3-1-2-4-6(5)8(12)10(14)9(7)13;/h1-4H;1H. The minimum Gasteiger partial charge on any atom is -0.147 e. The monoisotopic (exact) mass is 300 g/mol. The number of hydrogen-bond acceptors (Lipinski definition) is 0. The summed E-state index contributed by atoms with van der Waals surface area (Å²) in [5.74, 6) is 0. The molecule has 0 aliphatic carbocycles. The number of fused-ring (bicyclic) bond motifs is 1. The summed E-state index contributed by atoms with van der Waals surface area (Å²) < 4.78 is 0. The fourth-order valence-electron chi connectivity index (χ4n) is 1.30. The normalized spacial score (nSPS) is 10.1. The zero-order chi connectivity index (χ0) is 10.3. The van der Waals surface area contributed by atoms with Crippen LogP contribution in [-0.4, -0.2) is 0 Å². The quantitative estimate of drug-likeness (QED) is 0.421. The summed E-state index contributed by atoms with van der Waals surface area (Å²) in [6, 6.07) is 7.45. The molecule has 0 nitrogen and oxygen atoms in total. The maximum absolute atomic E-state index is 6.03. The molecule has 0 saturated heterocycles. The highest BCUT2D eigenvalue weighted by atomic mass is 35.5. The molecule has 0 atom stereocenters. The Balaban J connectivity index is 0.00000112. The number of halogens is 5. The molecule has 0 aliphatic rings. The molecule has 0 heterocycles. The average Bonchev–Trinajstić information content (AvgIpc) is 2.23. The zero-order valence-electron chi connectivity index (χ0n) is 7.23. The first kappa shape index (κ1) is 13.2. The Kier molecular flexibility index (Phi) is 4.39. The van der Waals surface area contributed by atoms with E-state index < -0.39 is 0 Å². The Bertz CT molecular complexity index is 460. The molecule has 2 rings (SSSR count). The van der Waals surface area contributed by atoms with E-state index in [1.54, 1.807) is 0 Å². The summed E-state index contributed by atoms with van der Waals surface area (Å²) in [7, 11) is 0. The van der Waals surface area contributed by atoms with Gasteiger partial charge in [0.2, 0.25) is 0 Å². The van der Waals surface area contributed by atoms with Gasteiger partial charge in [0.25, 0.3) is 0 Å². The van der Waals surface area contributed by atoms with E-state index in [2.05, 4.69) is 0 Å². The van der Waals surface area contributed by atoms with E-state index in [0.717, 1.165) is 10.8 Å². The van der Waals surface area contributed by atoms with Gasteiger partial charge in [-0.1, -0.05) is 70.7 Å². The topological polar surface area (TPSA) is 0 Å². The third-order valence-corrected chi connectivity index (χ3v) is 3.81. The van der Waals surface area contributed by atoms with E-state index in [-0.39, 0.29) is 12.4 Å². The van der Waals surface area contributed by atoms with Crippen molar-refractivity contribution in [3.63, 3.8) is 0 Å². The lowest BCUT2D eigenvalue weighted by Crippen LogP contribution is -1.80.